The third-order valence-corrected chi connectivity index (χ3v) is 14.2. The summed E-state index contributed by atoms with van der Waals surface area (Å²) in [6.07, 6.45) is 0. The predicted molar refractivity (Wildman–Crippen MR) is 295 cm³/mol. The van der Waals surface area contributed by atoms with Gasteiger partial charge >= 0.3 is 0 Å². The van der Waals surface area contributed by atoms with Gasteiger partial charge in [-0.2, -0.15) is 0 Å². The van der Waals surface area contributed by atoms with Crippen molar-refractivity contribution in [1.29, 1.82) is 0 Å². The Morgan fingerprint density at radius 1 is 0.229 bits per heavy atom. The zero-order chi connectivity index (χ0) is 46.1. The van der Waals surface area contributed by atoms with Gasteiger partial charge in [-0.25, -0.2) is 0 Å². The fourth-order valence-corrected chi connectivity index (χ4v) is 11.1. The van der Waals surface area contributed by atoms with Gasteiger partial charge < -0.3 is 18.6 Å². The molecule has 0 aliphatic rings. The van der Waals surface area contributed by atoms with Crippen LogP contribution in [0.3, 0.4) is 0 Å². The summed E-state index contributed by atoms with van der Waals surface area (Å²) in [5.41, 5.74) is 18.7. The van der Waals surface area contributed by atoms with Crippen LogP contribution in [-0.2, 0) is 0 Å². The van der Waals surface area contributed by atoms with Crippen LogP contribution in [0, 0.1) is 0 Å². The molecule has 3 aromatic heterocycles. The highest BCUT2D eigenvalue weighted by molar-refractivity contribution is 6.17. The van der Waals surface area contributed by atoms with Crippen molar-refractivity contribution in [1.82, 2.24) is 13.7 Å². The van der Waals surface area contributed by atoms with Gasteiger partial charge in [-0.15, -0.1) is 0 Å². The van der Waals surface area contributed by atoms with Gasteiger partial charge in [-0.1, -0.05) is 146 Å². The van der Waals surface area contributed by atoms with Crippen molar-refractivity contribution in [2.45, 2.75) is 0 Å². The van der Waals surface area contributed by atoms with Crippen molar-refractivity contribution in [2.24, 2.45) is 0 Å². The highest BCUT2D eigenvalue weighted by atomic mass is 15.1. The molecule has 328 valence electrons. The van der Waals surface area contributed by atoms with E-state index in [1.807, 2.05) is 0 Å². The summed E-state index contributed by atoms with van der Waals surface area (Å²) >= 11 is 0. The van der Waals surface area contributed by atoms with E-state index < -0.39 is 0 Å². The van der Waals surface area contributed by atoms with Gasteiger partial charge in [0.25, 0.3) is 0 Å². The standard InChI is InChI=1S/C66H44N4/c1-5-18-49(19-6-1)67(50-20-7-2-8-21-50)53-37-32-45(33-38-53)46-34-39-61-57(42-46)58-44-48(35-40-62(58)68(61)51-22-9-3-10-23-51)47-36-41-63-56(43-47)54-26-13-15-28-59(54)70(63)65-31-17-30-64-66(65)55-27-14-16-29-60(55)69(64)52-24-11-4-12-25-52/h1-44H. The number of para-hydroxylation sites is 6. The minimum atomic E-state index is 1.11. The molecule has 70 heavy (non-hydrogen) atoms. The fraction of sp³-hybridized carbons (Fsp3) is 0. The van der Waals surface area contributed by atoms with E-state index in [1.165, 1.54) is 93.4 Å². The molecule has 0 fully saturated rings. The molecule has 0 N–H and O–H groups in total. The van der Waals surface area contributed by atoms with E-state index in [9.17, 15) is 0 Å². The van der Waals surface area contributed by atoms with E-state index in [0.717, 1.165) is 28.4 Å². The molecule has 0 unspecified atom stereocenters. The smallest absolute Gasteiger partial charge is 0.0562 e. The van der Waals surface area contributed by atoms with Crippen LogP contribution in [0.2, 0.25) is 0 Å². The highest BCUT2D eigenvalue weighted by Gasteiger charge is 2.21. The minimum Gasteiger partial charge on any atom is -0.311 e. The molecule has 11 aromatic carbocycles. The number of rotatable bonds is 8. The molecule has 4 heteroatoms. The lowest BCUT2D eigenvalue weighted by molar-refractivity contribution is 1.17. The lowest BCUT2D eigenvalue weighted by Gasteiger charge is -2.25. The number of hydrogen-bond acceptors (Lipinski definition) is 1. The van der Waals surface area contributed by atoms with Gasteiger partial charge in [0.2, 0.25) is 0 Å². The van der Waals surface area contributed by atoms with Crippen LogP contribution in [0.15, 0.2) is 267 Å². The van der Waals surface area contributed by atoms with Gasteiger partial charge in [-0.05, 0) is 144 Å². The molecule has 14 rings (SSSR count). The second-order valence-electron chi connectivity index (χ2n) is 18.1. The molecule has 0 aliphatic carbocycles. The molecular weight excluding hydrogens is 849 g/mol. The zero-order valence-corrected chi connectivity index (χ0v) is 38.2. The molecule has 0 bridgehead atoms. The zero-order valence-electron chi connectivity index (χ0n) is 38.2. The van der Waals surface area contributed by atoms with Crippen LogP contribution in [0.4, 0.5) is 17.1 Å². The number of aromatic nitrogens is 3. The molecular formula is C66H44N4. The van der Waals surface area contributed by atoms with Crippen LogP contribution in [0.5, 0.6) is 0 Å². The predicted octanol–water partition coefficient (Wildman–Crippen LogP) is 17.8. The normalized spacial score (nSPS) is 11.7. The van der Waals surface area contributed by atoms with E-state index in [1.54, 1.807) is 0 Å². The Morgan fingerprint density at radius 3 is 1.16 bits per heavy atom. The average molecular weight is 893 g/mol. The maximum atomic E-state index is 2.48. The topological polar surface area (TPSA) is 18.0 Å². The van der Waals surface area contributed by atoms with Gasteiger partial charge in [0.05, 0.1) is 38.8 Å². The summed E-state index contributed by atoms with van der Waals surface area (Å²) in [4.78, 5) is 2.31. The average Bonchev–Trinajstić information content (AvgIpc) is 4.07. The van der Waals surface area contributed by atoms with Crippen LogP contribution >= 0.6 is 0 Å². The Labute approximate surface area is 405 Å². The van der Waals surface area contributed by atoms with Crippen molar-refractivity contribution in [3.63, 3.8) is 0 Å². The Bertz CT molecular complexity index is 4220. The van der Waals surface area contributed by atoms with Crippen LogP contribution in [0.25, 0.3) is 105 Å². The minimum absolute atomic E-state index is 1.11. The Balaban J connectivity index is 0.911. The van der Waals surface area contributed by atoms with Gasteiger partial charge in [-0.3, -0.25) is 0 Å². The van der Waals surface area contributed by atoms with E-state index in [2.05, 4.69) is 286 Å². The molecule has 0 saturated heterocycles. The highest BCUT2D eigenvalue weighted by Crippen LogP contribution is 2.43. The summed E-state index contributed by atoms with van der Waals surface area (Å²) in [6.45, 7) is 0. The SMILES string of the molecule is c1ccc(N(c2ccccc2)c2ccc(-c3ccc4c(c3)c3cc(-c5ccc6c(c5)c5ccccc5n6-c5cccc6c5c5ccccc5n6-c5ccccc5)ccc3n4-c3ccccc3)cc2)cc1. The molecule has 4 nitrogen and oxygen atoms in total. The second kappa shape index (κ2) is 16.2. The van der Waals surface area contributed by atoms with Crippen LogP contribution in [0.1, 0.15) is 0 Å². The molecule has 0 atom stereocenters. The molecule has 14 aromatic rings. The lowest BCUT2D eigenvalue weighted by Crippen LogP contribution is -2.09. The van der Waals surface area contributed by atoms with E-state index >= 15 is 0 Å². The quantitative estimate of drug-likeness (QED) is 0.149. The summed E-state index contributed by atoms with van der Waals surface area (Å²) < 4.78 is 7.28. The monoisotopic (exact) mass is 892 g/mol. The van der Waals surface area contributed by atoms with E-state index in [-0.39, 0.29) is 0 Å². The van der Waals surface area contributed by atoms with E-state index in [0.29, 0.717) is 0 Å². The van der Waals surface area contributed by atoms with Gasteiger partial charge in [0, 0.05) is 60.8 Å². The van der Waals surface area contributed by atoms with Crippen molar-refractivity contribution >= 4 is 82.5 Å². The number of nitrogens with zero attached hydrogens (tertiary/aromatic N) is 4. The first-order chi connectivity index (χ1) is 34.7. The summed E-state index contributed by atoms with van der Waals surface area (Å²) in [5.74, 6) is 0. The third kappa shape index (κ3) is 6.31. The maximum absolute atomic E-state index is 2.48. The van der Waals surface area contributed by atoms with Gasteiger partial charge in [0.15, 0.2) is 0 Å². The van der Waals surface area contributed by atoms with Crippen molar-refractivity contribution in [3.8, 4) is 39.3 Å². The Morgan fingerprint density at radius 2 is 0.600 bits per heavy atom. The largest absolute Gasteiger partial charge is 0.311 e. The first-order valence-corrected chi connectivity index (χ1v) is 24.0. The number of fused-ring (bicyclic) bond motifs is 9. The summed E-state index contributed by atoms with van der Waals surface area (Å²) in [7, 11) is 0. The first-order valence-electron chi connectivity index (χ1n) is 24.0. The van der Waals surface area contributed by atoms with Crippen molar-refractivity contribution < 1.29 is 0 Å². The van der Waals surface area contributed by atoms with Gasteiger partial charge in [0.1, 0.15) is 0 Å². The molecule has 0 amide bonds. The van der Waals surface area contributed by atoms with Crippen molar-refractivity contribution in [2.75, 3.05) is 4.90 Å². The molecule has 0 radical (unpaired) electrons. The Hall–Kier alpha value is -9.38. The molecule has 0 spiro atoms. The fourth-order valence-electron chi connectivity index (χ4n) is 11.1. The summed E-state index contributed by atoms with van der Waals surface area (Å²) in [6, 6.07) is 97.0. The lowest BCUT2D eigenvalue weighted by atomic mass is 9.99. The Kier molecular flexibility index (Phi) is 9.17. The third-order valence-electron chi connectivity index (χ3n) is 14.2. The van der Waals surface area contributed by atoms with E-state index in [4.69, 9.17) is 0 Å². The number of hydrogen-bond donors (Lipinski definition) is 0. The first kappa shape index (κ1) is 39.8. The number of anilines is 3. The number of benzene rings is 11. The summed E-state index contributed by atoms with van der Waals surface area (Å²) in [5, 5.41) is 7.38. The molecule has 0 aliphatic heterocycles. The van der Waals surface area contributed by atoms with Crippen LogP contribution in [-0.4, -0.2) is 13.7 Å². The van der Waals surface area contributed by atoms with Crippen LogP contribution < -0.4 is 4.90 Å². The molecule has 3 heterocycles. The molecule has 0 saturated carbocycles. The maximum Gasteiger partial charge on any atom is 0.0562 e. The second-order valence-corrected chi connectivity index (χ2v) is 18.1. The van der Waals surface area contributed by atoms with Crippen molar-refractivity contribution in [3.05, 3.63) is 267 Å².